The predicted octanol–water partition coefficient (Wildman–Crippen LogP) is 0.281. The fraction of sp³-hybridized carbons (Fsp3) is 0.917. The van der Waals surface area contributed by atoms with E-state index in [-0.39, 0.29) is 19.6 Å². The van der Waals surface area contributed by atoms with Crippen molar-refractivity contribution in [3.05, 3.63) is 0 Å². The Morgan fingerprint density at radius 1 is 1.30 bits per heavy atom. The number of aliphatic carboxylic acids is 1. The zero-order chi connectivity index (χ0) is 15.0. The van der Waals surface area contributed by atoms with Gasteiger partial charge in [0.15, 0.2) is 0 Å². The first kappa shape index (κ1) is 15.7. The molecule has 0 bridgehead atoms. The maximum atomic E-state index is 12.7. The number of carboxylic acids is 1. The summed E-state index contributed by atoms with van der Waals surface area (Å²) in [5, 5.41) is 9.22. The lowest BCUT2D eigenvalue weighted by Crippen LogP contribution is -2.58. The molecule has 1 atom stereocenters. The summed E-state index contributed by atoms with van der Waals surface area (Å²) >= 11 is 0. The van der Waals surface area contributed by atoms with Gasteiger partial charge in [0.25, 0.3) is 10.2 Å². The molecule has 20 heavy (non-hydrogen) atoms. The van der Waals surface area contributed by atoms with Crippen LogP contribution in [-0.4, -0.2) is 66.0 Å². The van der Waals surface area contributed by atoms with E-state index in [1.54, 1.807) is 0 Å². The van der Waals surface area contributed by atoms with Crippen LogP contribution in [-0.2, 0) is 19.7 Å². The summed E-state index contributed by atoms with van der Waals surface area (Å²) in [6, 6.07) is -0.945. The number of nitrogens with zero attached hydrogens (tertiary/aromatic N) is 2. The summed E-state index contributed by atoms with van der Waals surface area (Å²) in [4.78, 5) is 11.3. The Balaban J connectivity index is 2.22. The molecule has 0 saturated carbocycles. The molecule has 0 spiro atoms. The number of hydrogen-bond donors (Lipinski definition) is 1. The molecule has 1 unspecified atom stereocenters. The van der Waals surface area contributed by atoms with Crippen molar-refractivity contribution in [3.8, 4) is 0 Å². The van der Waals surface area contributed by atoms with Crippen LogP contribution in [0.3, 0.4) is 0 Å². The van der Waals surface area contributed by atoms with Crippen LogP contribution >= 0.6 is 0 Å². The summed E-state index contributed by atoms with van der Waals surface area (Å²) in [5.41, 5.74) is -0.542. The minimum absolute atomic E-state index is 0.248. The van der Waals surface area contributed by atoms with E-state index in [0.29, 0.717) is 19.4 Å². The Hall–Kier alpha value is -0.700. The van der Waals surface area contributed by atoms with Crippen LogP contribution in [0.4, 0.5) is 0 Å². The Labute approximate surface area is 119 Å². The molecule has 2 heterocycles. The monoisotopic (exact) mass is 306 g/mol. The van der Waals surface area contributed by atoms with E-state index >= 15 is 0 Å². The standard InChI is InChI=1S/C12H22N2O5S/c1-12(2)9-13(7-8-19-12)20(17,18)14-6-4-3-5-10(14)11(15)16/h10H,3-9H2,1-2H3,(H,15,16). The average Bonchev–Trinajstić information content (AvgIpc) is 2.37. The average molecular weight is 306 g/mol. The molecule has 0 aromatic carbocycles. The van der Waals surface area contributed by atoms with E-state index in [4.69, 9.17) is 4.74 Å². The zero-order valence-corrected chi connectivity index (χ0v) is 12.7. The highest BCUT2D eigenvalue weighted by Crippen LogP contribution is 2.26. The Bertz CT molecular complexity index is 476. The lowest BCUT2D eigenvalue weighted by Gasteiger charge is -2.41. The molecule has 0 aromatic heterocycles. The third kappa shape index (κ3) is 3.13. The lowest BCUT2D eigenvalue weighted by molar-refractivity contribution is -0.142. The van der Waals surface area contributed by atoms with Crippen LogP contribution in [0.15, 0.2) is 0 Å². The molecule has 2 saturated heterocycles. The molecule has 2 aliphatic rings. The number of piperidine rings is 1. The van der Waals surface area contributed by atoms with Gasteiger partial charge in [-0.15, -0.1) is 0 Å². The molecule has 1 N–H and O–H groups in total. The van der Waals surface area contributed by atoms with Crippen LogP contribution in [0.25, 0.3) is 0 Å². The third-order valence-electron chi connectivity index (χ3n) is 3.75. The summed E-state index contributed by atoms with van der Waals surface area (Å²) < 4.78 is 33.3. The molecule has 2 rings (SSSR count). The van der Waals surface area contributed by atoms with Gasteiger partial charge in [0.05, 0.1) is 12.2 Å². The van der Waals surface area contributed by atoms with Gasteiger partial charge in [-0.05, 0) is 33.1 Å². The Morgan fingerprint density at radius 2 is 2.00 bits per heavy atom. The molecule has 0 aliphatic carbocycles. The molecule has 2 aliphatic heterocycles. The van der Waals surface area contributed by atoms with Crippen molar-refractivity contribution in [1.82, 2.24) is 8.61 Å². The fourth-order valence-electron chi connectivity index (χ4n) is 2.75. The Kier molecular flexibility index (Phi) is 4.38. The largest absolute Gasteiger partial charge is 0.480 e. The smallest absolute Gasteiger partial charge is 0.322 e. The maximum absolute atomic E-state index is 12.7. The van der Waals surface area contributed by atoms with Crippen molar-refractivity contribution in [1.29, 1.82) is 0 Å². The zero-order valence-electron chi connectivity index (χ0n) is 11.9. The molecule has 8 heteroatoms. The van der Waals surface area contributed by atoms with Gasteiger partial charge in [-0.25, -0.2) is 0 Å². The quantitative estimate of drug-likeness (QED) is 0.809. The van der Waals surface area contributed by atoms with Gasteiger partial charge in [-0.2, -0.15) is 17.0 Å². The fourth-order valence-corrected chi connectivity index (χ4v) is 4.70. The normalized spacial score (nSPS) is 29.2. The van der Waals surface area contributed by atoms with E-state index in [1.807, 2.05) is 13.8 Å². The van der Waals surface area contributed by atoms with Crippen LogP contribution in [0, 0.1) is 0 Å². The summed E-state index contributed by atoms with van der Waals surface area (Å²) in [6.07, 6.45) is 1.83. The van der Waals surface area contributed by atoms with Crippen molar-refractivity contribution in [2.45, 2.75) is 44.8 Å². The second-order valence-electron chi connectivity index (χ2n) is 5.91. The molecule has 0 radical (unpaired) electrons. The number of carbonyl (C=O) groups is 1. The molecular formula is C12H22N2O5S. The van der Waals surface area contributed by atoms with Crippen molar-refractivity contribution >= 4 is 16.2 Å². The molecule has 7 nitrogen and oxygen atoms in total. The van der Waals surface area contributed by atoms with Crippen molar-refractivity contribution in [3.63, 3.8) is 0 Å². The third-order valence-corrected chi connectivity index (χ3v) is 5.75. The first-order chi connectivity index (χ1) is 9.24. The first-order valence-electron chi connectivity index (χ1n) is 6.88. The van der Waals surface area contributed by atoms with E-state index in [0.717, 1.165) is 10.7 Å². The number of rotatable bonds is 3. The topological polar surface area (TPSA) is 87.2 Å². The number of morpholine rings is 1. The van der Waals surface area contributed by atoms with Crippen molar-refractivity contribution in [2.75, 3.05) is 26.2 Å². The van der Waals surface area contributed by atoms with Gasteiger partial charge in [-0.3, -0.25) is 4.79 Å². The summed E-state index contributed by atoms with van der Waals surface area (Å²) in [5.74, 6) is -1.07. The van der Waals surface area contributed by atoms with Crippen LogP contribution < -0.4 is 0 Å². The van der Waals surface area contributed by atoms with Gasteiger partial charge in [0.1, 0.15) is 6.04 Å². The first-order valence-corrected chi connectivity index (χ1v) is 8.27. The second kappa shape index (κ2) is 5.59. The number of ether oxygens (including phenoxy) is 1. The van der Waals surface area contributed by atoms with Gasteiger partial charge in [-0.1, -0.05) is 0 Å². The second-order valence-corrected chi connectivity index (χ2v) is 7.79. The molecule has 2 fully saturated rings. The SMILES string of the molecule is CC1(C)CN(S(=O)(=O)N2CCCCC2C(=O)O)CCO1. The van der Waals surface area contributed by atoms with E-state index in [9.17, 15) is 18.3 Å². The van der Waals surface area contributed by atoms with Crippen LogP contribution in [0.2, 0.25) is 0 Å². The van der Waals surface area contributed by atoms with Gasteiger partial charge in [0.2, 0.25) is 0 Å². The van der Waals surface area contributed by atoms with Gasteiger partial charge >= 0.3 is 5.97 Å². The predicted molar refractivity (Wildman–Crippen MR) is 72.5 cm³/mol. The molecular weight excluding hydrogens is 284 g/mol. The van der Waals surface area contributed by atoms with E-state index in [1.165, 1.54) is 4.31 Å². The minimum atomic E-state index is -3.74. The van der Waals surface area contributed by atoms with E-state index < -0.39 is 27.8 Å². The van der Waals surface area contributed by atoms with Crippen molar-refractivity contribution in [2.24, 2.45) is 0 Å². The number of hydrogen-bond acceptors (Lipinski definition) is 4. The Morgan fingerprint density at radius 3 is 2.60 bits per heavy atom. The highest BCUT2D eigenvalue weighted by Gasteiger charge is 2.42. The molecule has 116 valence electrons. The highest BCUT2D eigenvalue weighted by molar-refractivity contribution is 7.86. The van der Waals surface area contributed by atoms with Crippen LogP contribution in [0.5, 0.6) is 0 Å². The summed E-state index contributed by atoms with van der Waals surface area (Å²) in [7, 11) is -3.74. The van der Waals surface area contributed by atoms with E-state index in [2.05, 4.69) is 0 Å². The molecule has 0 amide bonds. The lowest BCUT2D eigenvalue weighted by atomic mass is 10.1. The minimum Gasteiger partial charge on any atom is -0.480 e. The summed E-state index contributed by atoms with van der Waals surface area (Å²) in [6.45, 7) is 4.79. The van der Waals surface area contributed by atoms with Gasteiger partial charge in [0, 0.05) is 19.6 Å². The maximum Gasteiger partial charge on any atom is 0.322 e. The van der Waals surface area contributed by atoms with Crippen molar-refractivity contribution < 1.29 is 23.1 Å². The number of carboxylic acid groups (broad SMARTS) is 1. The van der Waals surface area contributed by atoms with Crippen LogP contribution in [0.1, 0.15) is 33.1 Å². The molecule has 0 aromatic rings. The van der Waals surface area contributed by atoms with Gasteiger partial charge < -0.3 is 9.84 Å². The highest BCUT2D eigenvalue weighted by atomic mass is 32.2.